The Morgan fingerprint density at radius 3 is 2.47 bits per heavy atom. The van der Waals surface area contributed by atoms with E-state index in [1.807, 2.05) is 48.5 Å². The zero-order valence-electron chi connectivity index (χ0n) is 17.5. The number of aromatic nitrogens is 5. The summed E-state index contributed by atoms with van der Waals surface area (Å²) in [6.07, 6.45) is 0.856. The third-order valence-corrected chi connectivity index (χ3v) is 5.24. The number of hydrogen-bond acceptors (Lipinski definition) is 5. The van der Waals surface area contributed by atoms with Crippen LogP contribution in [0.15, 0.2) is 78.9 Å². The molecular weight excluding hydrogens is 422 g/mol. The molecule has 7 heteroatoms. The fourth-order valence-electron chi connectivity index (χ4n) is 3.67. The van der Waals surface area contributed by atoms with Crippen molar-refractivity contribution < 1.29 is 4.74 Å². The topological polar surface area (TPSA) is 76.6 Å². The van der Waals surface area contributed by atoms with Crippen LogP contribution < -0.4 is 4.74 Å². The van der Waals surface area contributed by atoms with Gasteiger partial charge in [-0.25, -0.2) is 0 Å². The molecule has 0 amide bonds. The standard InChI is InChI=1S/C25H21N5O.ClH/c1-2-19-15-24(21-10-6-7-11-23(21)26-19)31-16-17-12-13-20(18-8-4-3-5-9-18)22(14-17)25-27-29-30-28-25;/h3-15H,2,16H2,1H3,(H,27,28,29,30);1H. The first-order valence-electron chi connectivity index (χ1n) is 10.3. The number of aromatic amines is 1. The number of para-hydroxylation sites is 1. The Kier molecular flexibility index (Phi) is 6.42. The van der Waals surface area contributed by atoms with E-state index in [2.05, 4.69) is 57.9 Å². The van der Waals surface area contributed by atoms with Gasteiger partial charge in [0.25, 0.3) is 0 Å². The van der Waals surface area contributed by atoms with Gasteiger partial charge in [0.2, 0.25) is 5.82 Å². The van der Waals surface area contributed by atoms with Gasteiger partial charge >= 0.3 is 0 Å². The molecule has 0 bridgehead atoms. The van der Waals surface area contributed by atoms with Gasteiger partial charge in [-0.2, -0.15) is 5.21 Å². The van der Waals surface area contributed by atoms with Crippen molar-refractivity contribution in [2.24, 2.45) is 0 Å². The van der Waals surface area contributed by atoms with Gasteiger partial charge in [0.15, 0.2) is 0 Å². The quantitative estimate of drug-likeness (QED) is 0.367. The number of rotatable bonds is 6. The minimum Gasteiger partial charge on any atom is -0.488 e. The smallest absolute Gasteiger partial charge is 0.205 e. The molecule has 160 valence electrons. The van der Waals surface area contributed by atoms with Crippen LogP contribution in [-0.2, 0) is 13.0 Å². The molecule has 0 saturated carbocycles. The Balaban J connectivity index is 0.00000245. The lowest BCUT2D eigenvalue weighted by Crippen LogP contribution is -2.00. The van der Waals surface area contributed by atoms with Crippen LogP contribution in [0.2, 0.25) is 0 Å². The summed E-state index contributed by atoms with van der Waals surface area (Å²) in [4.78, 5) is 4.70. The highest BCUT2D eigenvalue weighted by molar-refractivity contribution is 5.86. The Labute approximate surface area is 192 Å². The molecule has 0 aliphatic heterocycles. The second-order valence-corrected chi connectivity index (χ2v) is 7.25. The van der Waals surface area contributed by atoms with Crippen LogP contribution in [-0.4, -0.2) is 25.6 Å². The minimum absolute atomic E-state index is 0. The number of fused-ring (bicyclic) bond motifs is 1. The van der Waals surface area contributed by atoms with Gasteiger partial charge in [0.05, 0.1) is 5.52 Å². The number of benzene rings is 3. The van der Waals surface area contributed by atoms with E-state index in [-0.39, 0.29) is 12.4 Å². The third-order valence-electron chi connectivity index (χ3n) is 5.24. The first kappa shape index (κ1) is 21.5. The molecule has 0 unspecified atom stereocenters. The first-order chi connectivity index (χ1) is 15.3. The summed E-state index contributed by atoms with van der Waals surface area (Å²) in [5.41, 5.74) is 6.05. The van der Waals surface area contributed by atoms with E-state index in [0.29, 0.717) is 12.4 Å². The lowest BCUT2D eigenvalue weighted by molar-refractivity contribution is 0.309. The number of nitrogens with zero attached hydrogens (tertiary/aromatic N) is 4. The average Bonchev–Trinajstić information content (AvgIpc) is 3.37. The monoisotopic (exact) mass is 443 g/mol. The molecule has 3 aromatic carbocycles. The molecule has 0 fully saturated rings. The second-order valence-electron chi connectivity index (χ2n) is 7.25. The highest BCUT2D eigenvalue weighted by Crippen LogP contribution is 2.32. The normalized spacial score (nSPS) is 10.7. The summed E-state index contributed by atoms with van der Waals surface area (Å²) < 4.78 is 6.26. The molecule has 0 aliphatic rings. The molecule has 32 heavy (non-hydrogen) atoms. The van der Waals surface area contributed by atoms with Gasteiger partial charge < -0.3 is 4.74 Å². The number of halogens is 1. The summed E-state index contributed by atoms with van der Waals surface area (Å²) >= 11 is 0. The van der Waals surface area contributed by atoms with Crippen molar-refractivity contribution in [1.82, 2.24) is 25.6 Å². The van der Waals surface area contributed by atoms with Crippen LogP contribution in [0.25, 0.3) is 33.4 Å². The summed E-state index contributed by atoms with van der Waals surface area (Å²) in [6, 6.07) is 26.5. The summed E-state index contributed by atoms with van der Waals surface area (Å²) in [6.45, 7) is 2.53. The van der Waals surface area contributed by atoms with Crippen LogP contribution in [0, 0.1) is 0 Å². The maximum Gasteiger partial charge on any atom is 0.205 e. The summed E-state index contributed by atoms with van der Waals surface area (Å²) in [5.74, 6) is 1.40. The van der Waals surface area contributed by atoms with E-state index >= 15 is 0 Å². The maximum atomic E-state index is 6.26. The number of H-pyrrole nitrogens is 1. The van der Waals surface area contributed by atoms with Crippen molar-refractivity contribution in [3.8, 4) is 28.3 Å². The van der Waals surface area contributed by atoms with E-state index in [4.69, 9.17) is 9.72 Å². The van der Waals surface area contributed by atoms with Crippen LogP contribution in [0.4, 0.5) is 0 Å². The highest BCUT2D eigenvalue weighted by Gasteiger charge is 2.13. The maximum absolute atomic E-state index is 6.26. The van der Waals surface area contributed by atoms with Crippen molar-refractivity contribution in [3.05, 3.63) is 90.1 Å². The number of hydrogen-bond donors (Lipinski definition) is 1. The predicted octanol–water partition coefficient (Wildman–Crippen LogP) is 5.65. The zero-order valence-corrected chi connectivity index (χ0v) is 18.3. The number of tetrazole rings is 1. The highest BCUT2D eigenvalue weighted by atomic mass is 35.5. The van der Waals surface area contributed by atoms with Crippen molar-refractivity contribution in [1.29, 1.82) is 0 Å². The molecular formula is C25H22ClN5O. The van der Waals surface area contributed by atoms with E-state index in [1.54, 1.807) is 0 Å². The number of pyridine rings is 1. The Morgan fingerprint density at radius 1 is 0.875 bits per heavy atom. The molecule has 0 radical (unpaired) electrons. The summed E-state index contributed by atoms with van der Waals surface area (Å²) in [7, 11) is 0. The Hall–Kier alpha value is -3.77. The molecule has 6 nitrogen and oxygen atoms in total. The fourth-order valence-corrected chi connectivity index (χ4v) is 3.67. The van der Waals surface area contributed by atoms with Gasteiger partial charge in [-0.15, -0.1) is 22.6 Å². The fraction of sp³-hybridized carbons (Fsp3) is 0.120. The van der Waals surface area contributed by atoms with Crippen molar-refractivity contribution in [2.75, 3.05) is 0 Å². The lowest BCUT2D eigenvalue weighted by atomic mass is 9.97. The van der Waals surface area contributed by atoms with Crippen molar-refractivity contribution in [2.45, 2.75) is 20.0 Å². The van der Waals surface area contributed by atoms with Gasteiger partial charge in [-0.3, -0.25) is 4.98 Å². The molecule has 0 atom stereocenters. The second kappa shape index (κ2) is 9.58. The molecule has 5 aromatic rings. The van der Waals surface area contributed by atoms with E-state index in [9.17, 15) is 0 Å². The van der Waals surface area contributed by atoms with Gasteiger partial charge in [0, 0.05) is 22.7 Å². The molecule has 0 spiro atoms. The predicted molar refractivity (Wildman–Crippen MR) is 128 cm³/mol. The Bertz CT molecular complexity index is 1320. The zero-order chi connectivity index (χ0) is 21.0. The molecule has 1 N–H and O–H groups in total. The SMILES string of the molecule is CCc1cc(OCc2ccc(-c3ccccc3)c(-c3nn[nH]n3)c2)c2ccccc2n1.Cl. The minimum atomic E-state index is 0. The largest absolute Gasteiger partial charge is 0.488 e. The summed E-state index contributed by atoms with van der Waals surface area (Å²) in [5, 5.41) is 15.7. The number of nitrogens with one attached hydrogen (secondary N) is 1. The molecule has 2 aromatic heterocycles. The van der Waals surface area contributed by atoms with Gasteiger partial charge in [0.1, 0.15) is 12.4 Å². The molecule has 0 saturated heterocycles. The Morgan fingerprint density at radius 2 is 1.69 bits per heavy atom. The number of aryl methyl sites for hydroxylation is 1. The van der Waals surface area contributed by atoms with E-state index < -0.39 is 0 Å². The lowest BCUT2D eigenvalue weighted by Gasteiger charge is -2.13. The van der Waals surface area contributed by atoms with Crippen molar-refractivity contribution in [3.63, 3.8) is 0 Å². The molecule has 2 heterocycles. The first-order valence-corrected chi connectivity index (χ1v) is 10.3. The molecule has 5 rings (SSSR count). The third kappa shape index (κ3) is 4.31. The number of ether oxygens (including phenoxy) is 1. The van der Waals surface area contributed by atoms with Crippen LogP contribution in [0.3, 0.4) is 0 Å². The van der Waals surface area contributed by atoms with Crippen LogP contribution in [0.5, 0.6) is 5.75 Å². The van der Waals surface area contributed by atoms with Crippen LogP contribution >= 0.6 is 12.4 Å². The van der Waals surface area contributed by atoms with Gasteiger partial charge in [-0.1, -0.05) is 61.5 Å². The average molecular weight is 444 g/mol. The molecule has 0 aliphatic carbocycles. The van der Waals surface area contributed by atoms with Crippen molar-refractivity contribution >= 4 is 23.3 Å². The van der Waals surface area contributed by atoms with Gasteiger partial charge in [-0.05, 0) is 46.5 Å². The van der Waals surface area contributed by atoms with E-state index in [1.165, 1.54) is 0 Å². The van der Waals surface area contributed by atoms with Crippen LogP contribution in [0.1, 0.15) is 18.2 Å². The van der Waals surface area contributed by atoms with E-state index in [0.717, 1.165) is 51.0 Å².